The highest BCUT2D eigenvalue weighted by Crippen LogP contribution is 2.14. The molecule has 0 saturated heterocycles. The van der Waals surface area contributed by atoms with E-state index in [1.807, 2.05) is 13.8 Å². The number of hydrogen-bond acceptors (Lipinski definition) is 5. The summed E-state index contributed by atoms with van der Waals surface area (Å²) in [5.41, 5.74) is -0.621. The van der Waals surface area contributed by atoms with E-state index in [0.29, 0.717) is 11.6 Å². The van der Waals surface area contributed by atoms with Crippen molar-refractivity contribution in [2.24, 2.45) is 5.92 Å². The molecule has 124 valence electrons. The second kappa shape index (κ2) is 7.29. The molecule has 0 aliphatic heterocycles. The second-order valence-electron chi connectivity index (χ2n) is 6.32. The van der Waals surface area contributed by atoms with Crippen molar-refractivity contribution in [1.29, 1.82) is 0 Å². The van der Waals surface area contributed by atoms with Gasteiger partial charge in [0.25, 0.3) is 0 Å². The highest BCUT2D eigenvalue weighted by atomic mass is 16.6. The van der Waals surface area contributed by atoms with Crippen LogP contribution in [0.1, 0.15) is 46.8 Å². The maximum absolute atomic E-state index is 12.4. The molecule has 0 spiro atoms. The third-order valence-corrected chi connectivity index (χ3v) is 3.05. The summed E-state index contributed by atoms with van der Waals surface area (Å²) in [6.07, 6.45) is 0.107. The number of aryl methyl sites for hydroxylation is 1. The van der Waals surface area contributed by atoms with E-state index in [4.69, 9.17) is 9.26 Å². The Hall–Kier alpha value is -2.05. The first kappa shape index (κ1) is 18.0. The quantitative estimate of drug-likeness (QED) is 0.872. The number of nitrogens with one attached hydrogen (secondary N) is 2. The van der Waals surface area contributed by atoms with Crippen LogP contribution in [0.4, 0.5) is 10.6 Å². The lowest BCUT2D eigenvalue weighted by Crippen LogP contribution is -2.49. The van der Waals surface area contributed by atoms with E-state index in [9.17, 15) is 9.59 Å². The van der Waals surface area contributed by atoms with Crippen molar-refractivity contribution >= 4 is 17.8 Å². The molecular formula is C15H25N3O4. The molecule has 1 aromatic heterocycles. The van der Waals surface area contributed by atoms with E-state index < -0.39 is 17.7 Å². The van der Waals surface area contributed by atoms with Crippen LogP contribution in [0.25, 0.3) is 0 Å². The van der Waals surface area contributed by atoms with Gasteiger partial charge in [0.2, 0.25) is 5.91 Å². The lowest BCUT2D eigenvalue weighted by Gasteiger charge is -2.25. The van der Waals surface area contributed by atoms with E-state index in [2.05, 4.69) is 15.8 Å². The molecule has 0 aromatic carbocycles. The number of nitrogens with zero attached hydrogens (tertiary/aromatic N) is 1. The summed E-state index contributed by atoms with van der Waals surface area (Å²) in [6, 6.07) is 0.899. The Bertz CT molecular complexity index is 519. The molecule has 0 radical (unpaired) electrons. The summed E-state index contributed by atoms with van der Waals surface area (Å²) in [4.78, 5) is 24.3. The monoisotopic (exact) mass is 311 g/mol. The summed E-state index contributed by atoms with van der Waals surface area (Å²) < 4.78 is 10.1. The van der Waals surface area contributed by atoms with E-state index in [1.54, 1.807) is 33.8 Å². The predicted molar refractivity (Wildman–Crippen MR) is 82.5 cm³/mol. The molecule has 0 aliphatic rings. The number of carbonyl (C=O) groups is 2. The van der Waals surface area contributed by atoms with Gasteiger partial charge in [-0.25, -0.2) is 4.79 Å². The number of hydrogen-bond donors (Lipinski definition) is 2. The Morgan fingerprint density at radius 3 is 2.50 bits per heavy atom. The van der Waals surface area contributed by atoms with Crippen LogP contribution in [0.2, 0.25) is 0 Å². The van der Waals surface area contributed by atoms with Crippen molar-refractivity contribution in [2.75, 3.05) is 5.32 Å². The van der Waals surface area contributed by atoms with Crippen LogP contribution in [-0.2, 0) is 9.53 Å². The zero-order valence-corrected chi connectivity index (χ0v) is 14.0. The highest BCUT2D eigenvalue weighted by Gasteiger charge is 2.28. The average molecular weight is 311 g/mol. The zero-order valence-electron chi connectivity index (χ0n) is 14.0. The molecule has 7 heteroatoms. The molecule has 1 aromatic rings. The van der Waals surface area contributed by atoms with Crippen molar-refractivity contribution in [3.05, 3.63) is 11.8 Å². The second-order valence-corrected chi connectivity index (χ2v) is 6.32. The number of ether oxygens (including phenoxy) is 1. The number of aromatic nitrogens is 1. The van der Waals surface area contributed by atoms with Crippen LogP contribution < -0.4 is 10.6 Å². The number of rotatable bonds is 5. The van der Waals surface area contributed by atoms with Gasteiger partial charge in [0.05, 0.1) is 0 Å². The SMILES string of the molecule is CCC(C)[C@H](NC(=O)OC(C)(C)C)C(=O)Nc1cc(C)on1. The molecule has 7 nitrogen and oxygen atoms in total. The van der Waals surface area contributed by atoms with Gasteiger partial charge in [-0.3, -0.25) is 4.79 Å². The maximum Gasteiger partial charge on any atom is 0.408 e. The molecule has 0 fully saturated rings. The van der Waals surface area contributed by atoms with Gasteiger partial charge in [0, 0.05) is 6.07 Å². The van der Waals surface area contributed by atoms with Crippen molar-refractivity contribution in [3.8, 4) is 0 Å². The van der Waals surface area contributed by atoms with Gasteiger partial charge < -0.3 is 19.9 Å². The Labute approximate surface area is 130 Å². The van der Waals surface area contributed by atoms with Gasteiger partial charge in [-0.2, -0.15) is 0 Å². The smallest absolute Gasteiger partial charge is 0.408 e. The molecule has 2 atom stereocenters. The molecule has 2 amide bonds. The van der Waals surface area contributed by atoms with Gasteiger partial charge in [-0.15, -0.1) is 0 Å². The van der Waals surface area contributed by atoms with Gasteiger partial charge in [-0.1, -0.05) is 25.4 Å². The van der Waals surface area contributed by atoms with Crippen LogP contribution in [0.5, 0.6) is 0 Å². The van der Waals surface area contributed by atoms with Gasteiger partial charge in [0.1, 0.15) is 17.4 Å². The lowest BCUT2D eigenvalue weighted by atomic mass is 9.98. The number of carbonyl (C=O) groups excluding carboxylic acids is 2. The largest absolute Gasteiger partial charge is 0.444 e. The fourth-order valence-electron chi connectivity index (χ4n) is 1.77. The molecule has 0 saturated carbocycles. The van der Waals surface area contributed by atoms with Crippen molar-refractivity contribution in [3.63, 3.8) is 0 Å². The van der Waals surface area contributed by atoms with Crippen molar-refractivity contribution < 1.29 is 18.8 Å². The van der Waals surface area contributed by atoms with Crippen LogP contribution in [0.15, 0.2) is 10.6 Å². The fraction of sp³-hybridized carbons (Fsp3) is 0.667. The van der Waals surface area contributed by atoms with Crippen LogP contribution >= 0.6 is 0 Å². The minimum atomic E-state index is -0.711. The molecule has 0 aliphatic carbocycles. The zero-order chi connectivity index (χ0) is 16.9. The van der Waals surface area contributed by atoms with Gasteiger partial charge in [0.15, 0.2) is 5.82 Å². The first-order valence-electron chi connectivity index (χ1n) is 7.36. The lowest BCUT2D eigenvalue weighted by molar-refractivity contribution is -0.119. The Kier molecular flexibility index (Phi) is 5.96. The Balaban J connectivity index is 2.75. The first-order valence-corrected chi connectivity index (χ1v) is 7.36. The van der Waals surface area contributed by atoms with Gasteiger partial charge >= 0.3 is 6.09 Å². The van der Waals surface area contributed by atoms with E-state index in [-0.39, 0.29) is 11.8 Å². The van der Waals surface area contributed by atoms with E-state index in [0.717, 1.165) is 6.42 Å². The molecule has 1 rings (SSSR count). The number of amides is 2. The average Bonchev–Trinajstić information content (AvgIpc) is 2.78. The summed E-state index contributed by atoms with van der Waals surface area (Å²) in [5, 5.41) is 8.96. The summed E-state index contributed by atoms with van der Waals surface area (Å²) in [7, 11) is 0. The fourth-order valence-corrected chi connectivity index (χ4v) is 1.77. The van der Waals surface area contributed by atoms with E-state index >= 15 is 0 Å². The molecular weight excluding hydrogens is 286 g/mol. The molecule has 1 heterocycles. The first-order chi connectivity index (χ1) is 10.1. The topological polar surface area (TPSA) is 93.5 Å². The molecule has 22 heavy (non-hydrogen) atoms. The van der Waals surface area contributed by atoms with Crippen molar-refractivity contribution in [2.45, 2.75) is 59.6 Å². The minimum Gasteiger partial charge on any atom is -0.444 e. The summed E-state index contributed by atoms with van der Waals surface area (Å²) >= 11 is 0. The molecule has 0 bridgehead atoms. The third-order valence-electron chi connectivity index (χ3n) is 3.05. The van der Waals surface area contributed by atoms with Crippen LogP contribution in [-0.4, -0.2) is 28.8 Å². The molecule has 1 unspecified atom stereocenters. The highest BCUT2D eigenvalue weighted by molar-refractivity contribution is 5.96. The molecule has 2 N–H and O–H groups in total. The van der Waals surface area contributed by atoms with Gasteiger partial charge in [-0.05, 0) is 33.6 Å². The van der Waals surface area contributed by atoms with Crippen LogP contribution in [0, 0.1) is 12.8 Å². The normalized spacial score (nSPS) is 14.1. The summed E-state index contributed by atoms with van der Waals surface area (Å²) in [6.45, 7) is 10.9. The standard InChI is InChI=1S/C15H25N3O4/c1-7-9(2)12(17-14(20)21-15(4,5)6)13(19)16-11-8-10(3)22-18-11/h8-9,12H,7H2,1-6H3,(H,17,20)(H,16,18,19)/t9?,12-/m0/s1. The van der Waals surface area contributed by atoms with E-state index in [1.165, 1.54) is 0 Å². The Morgan fingerprint density at radius 2 is 2.05 bits per heavy atom. The van der Waals surface area contributed by atoms with Crippen LogP contribution in [0.3, 0.4) is 0 Å². The van der Waals surface area contributed by atoms with Crippen molar-refractivity contribution in [1.82, 2.24) is 10.5 Å². The number of alkyl carbamates (subject to hydrolysis) is 1. The Morgan fingerprint density at radius 1 is 1.41 bits per heavy atom. The summed E-state index contributed by atoms with van der Waals surface area (Å²) in [5.74, 6) is 0.506. The number of anilines is 1. The maximum atomic E-state index is 12.4. The predicted octanol–water partition coefficient (Wildman–Crippen LogP) is 2.86. The third kappa shape index (κ3) is 5.75. The minimum absolute atomic E-state index is 0.0551.